The molecule has 1 amide bonds. The molecule has 2 atom stereocenters. The highest BCUT2D eigenvalue weighted by Gasteiger charge is 2.31. The van der Waals surface area contributed by atoms with Gasteiger partial charge in [-0.2, -0.15) is 0 Å². The van der Waals surface area contributed by atoms with Gasteiger partial charge in [-0.1, -0.05) is 24.3 Å². The molecular formula is C16H19NO5. The van der Waals surface area contributed by atoms with E-state index in [0.717, 1.165) is 12.0 Å². The van der Waals surface area contributed by atoms with Crippen molar-refractivity contribution in [3.8, 4) is 0 Å². The predicted molar refractivity (Wildman–Crippen MR) is 77.4 cm³/mol. The number of benzene rings is 1. The topological polar surface area (TPSA) is 76.1 Å². The fourth-order valence-corrected chi connectivity index (χ4v) is 2.96. The van der Waals surface area contributed by atoms with E-state index >= 15 is 0 Å². The van der Waals surface area contributed by atoms with Gasteiger partial charge in [-0.25, -0.2) is 4.79 Å². The molecule has 0 aliphatic carbocycles. The molecule has 2 aliphatic rings. The molecule has 2 heterocycles. The lowest BCUT2D eigenvalue weighted by Gasteiger charge is -2.33. The number of carbonyl (C=O) groups is 2. The Balaban J connectivity index is 1.66. The van der Waals surface area contributed by atoms with Crippen LogP contribution in [0.5, 0.6) is 0 Å². The largest absolute Gasteiger partial charge is 0.479 e. The first-order chi connectivity index (χ1) is 10.6. The standard InChI is InChI=1S/C16H19NO5/c18-15(17-6-8-22-14(10-17)16(19)20)9-13-12-4-2-1-3-11(12)5-7-21-13/h1-4,13-14H,5-10H2,(H,19,20)/t13-,14+/m0/s1. The highest BCUT2D eigenvalue weighted by Crippen LogP contribution is 2.30. The molecule has 0 spiro atoms. The average Bonchev–Trinajstić information content (AvgIpc) is 2.55. The lowest BCUT2D eigenvalue weighted by atomic mass is 9.95. The molecule has 1 aromatic rings. The number of carbonyl (C=O) groups excluding carboxylic acids is 1. The molecular weight excluding hydrogens is 286 g/mol. The van der Waals surface area contributed by atoms with Gasteiger partial charge in [0.15, 0.2) is 6.10 Å². The SMILES string of the molecule is O=C(O)[C@H]1CN(C(=O)C[C@@H]2OCCc3ccccc32)CCO1. The van der Waals surface area contributed by atoms with Gasteiger partial charge in [-0.3, -0.25) is 4.79 Å². The Hall–Kier alpha value is -1.92. The van der Waals surface area contributed by atoms with Gasteiger partial charge in [0.25, 0.3) is 0 Å². The number of nitrogens with zero attached hydrogens (tertiary/aromatic N) is 1. The predicted octanol–water partition coefficient (Wildman–Crippen LogP) is 1.00. The zero-order valence-electron chi connectivity index (χ0n) is 12.2. The fourth-order valence-electron chi connectivity index (χ4n) is 2.96. The van der Waals surface area contributed by atoms with Crippen molar-refractivity contribution < 1.29 is 24.2 Å². The summed E-state index contributed by atoms with van der Waals surface area (Å²) in [4.78, 5) is 25.0. The molecule has 1 saturated heterocycles. The summed E-state index contributed by atoms with van der Waals surface area (Å²) >= 11 is 0. The summed E-state index contributed by atoms with van der Waals surface area (Å²) in [5, 5.41) is 9.00. The van der Waals surface area contributed by atoms with Crippen LogP contribution in [-0.4, -0.2) is 54.3 Å². The smallest absolute Gasteiger partial charge is 0.334 e. The van der Waals surface area contributed by atoms with Gasteiger partial charge in [0, 0.05) is 6.54 Å². The zero-order chi connectivity index (χ0) is 15.5. The van der Waals surface area contributed by atoms with Crippen LogP contribution in [0.15, 0.2) is 24.3 Å². The van der Waals surface area contributed by atoms with Crippen LogP contribution in [0.2, 0.25) is 0 Å². The molecule has 0 saturated carbocycles. The number of hydrogen-bond acceptors (Lipinski definition) is 4. The van der Waals surface area contributed by atoms with E-state index in [1.54, 1.807) is 4.90 Å². The molecule has 0 radical (unpaired) electrons. The first kappa shape index (κ1) is 15.0. The Morgan fingerprint density at radius 2 is 2.05 bits per heavy atom. The molecule has 6 heteroatoms. The molecule has 0 bridgehead atoms. The van der Waals surface area contributed by atoms with Crippen molar-refractivity contribution in [2.24, 2.45) is 0 Å². The molecule has 0 aromatic heterocycles. The lowest BCUT2D eigenvalue weighted by Crippen LogP contribution is -2.48. The third-order valence-electron chi connectivity index (χ3n) is 4.15. The van der Waals surface area contributed by atoms with Gasteiger partial charge in [0.1, 0.15) is 0 Å². The summed E-state index contributed by atoms with van der Waals surface area (Å²) in [5.41, 5.74) is 2.28. The van der Waals surface area contributed by atoms with Gasteiger partial charge in [0.05, 0.1) is 32.3 Å². The van der Waals surface area contributed by atoms with E-state index in [9.17, 15) is 9.59 Å². The van der Waals surface area contributed by atoms with Crippen LogP contribution in [0.3, 0.4) is 0 Å². The van der Waals surface area contributed by atoms with E-state index in [1.807, 2.05) is 18.2 Å². The minimum Gasteiger partial charge on any atom is -0.479 e. The maximum absolute atomic E-state index is 12.4. The number of amides is 1. The van der Waals surface area contributed by atoms with E-state index in [2.05, 4.69) is 6.07 Å². The second kappa shape index (κ2) is 6.46. The molecule has 118 valence electrons. The molecule has 1 aromatic carbocycles. The maximum Gasteiger partial charge on any atom is 0.334 e. The second-order valence-electron chi connectivity index (χ2n) is 5.55. The normalized spacial score (nSPS) is 24.6. The monoisotopic (exact) mass is 305 g/mol. The van der Waals surface area contributed by atoms with Gasteiger partial charge in [-0.15, -0.1) is 0 Å². The number of ether oxygens (including phenoxy) is 2. The molecule has 3 rings (SSSR count). The lowest BCUT2D eigenvalue weighted by molar-refractivity contribution is -0.160. The Labute approximate surface area is 128 Å². The summed E-state index contributed by atoms with van der Waals surface area (Å²) in [5.74, 6) is -1.12. The van der Waals surface area contributed by atoms with Crippen molar-refractivity contribution >= 4 is 11.9 Å². The fraction of sp³-hybridized carbons (Fsp3) is 0.500. The molecule has 6 nitrogen and oxygen atoms in total. The Morgan fingerprint density at radius 1 is 1.23 bits per heavy atom. The summed E-state index contributed by atoms with van der Waals surface area (Å²) in [7, 11) is 0. The summed E-state index contributed by atoms with van der Waals surface area (Å²) in [6.07, 6.45) is -0.0797. The molecule has 22 heavy (non-hydrogen) atoms. The van der Waals surface area contributed by atoms with Crippen LogP contribution in [0.1, 0.15) is 23.7 Å². The molecule has 2 aliphatic heterocycles. The van der Waals surface area contributed by atoms with E-state index in [-0.39, 0.29) is 31.6 Å². The van der Waals surface area contributed by atoms with E-state index in [1.165, 1.54) is 5.56 Å². The molecule has 1 fully saturated rings. The second-order valence-corrected chi connectivity index (χ2v) is 5.55. The van der Waals surface area contributed by atoms with Crippen molar-refractivity contribution in [3.63, 3.8) is 0 Å². The number of rotatable bonds is 3. The van der Waals surface area contributed by atoms with E-state index in [0.29, 0.717) is 13.2 Å². The van der Waals surface area contributed by atoms with Gasteiger partial charge < -0.3 is 19.5 Å². The minimum absolute atomic E-state index is 0.0868. The van der Waals surface area contributed by atoms with Crippen molar-refractivity contribution in [1.29, 1.82) is 0 Å². The van der Waals surface area contributed by atoms with Crippen LogP contribution in [0.25, 0.3) is 0 Å². The highest BCUT2D eigenvalue weighted by molar-refractivity contribution is 5.79. The third kappa shape index (κ3) is 3.13. The van der Waals surface area contributed by atoms with Gasteiger partial charge in [-0.05, 0) is 17.5 Å². The molecule has 0 unspecified atom stereocenters. The summed E-state index contributed by atoms with van der Waals surface area (Å²) < 4.78 is 10.9. The van der Waals surface area contributed by atoms with Gasteiger partial charge in [0.2, 0.25) is 5.91 Å². The minimum atomic E-state index is -1.03. The number of fused-ring (bicyclic) bond motifs is 1. The van der Waals surface area contributed by atoms with Crippen LogP contribution >= 0.6 is 0 Å². The first-order valence-corrected chi connectivity index (χ1v) is 7.46. The van der Waals surface area contributed by atoms with Crippen molar-refractivity contribution in [2.75, 3.05) is 26.3 Å². The Kier molecular flexibility index (Phi) is 4.40. The first-order valence-electron chi connectivity index (χ1n) is 7.46. The van der Waals surface area contributed by atoms with E-state index < -0.39 is 12.1 Å². The van der Waals surface area contributed by atoms with Crippen molar-refractivity contribution in [2.45, 2.75) is 25.0 Å². The van der Waals surface area contributed by atoms with E-state index in [4.69, 9.17) is 14.6 Å². The molecule has 1 N–H and O–H groups in total. The summed E-state index contributed by atoms with van der Waals surface area (Å²) in [6.45, 7) is 1.39. The highest BCUT2D eigenvalue weighted by atomic mass is 16.5. The number of aliphatic carboxylic acids is 1. The quantitative estimate of drug-likeness (QED) is 0.901. The van der Waals surface area contributed by atoms with Gasteiger partial charge >= 0.3 is 5.97 Å². The number of hydrogen-bond donors (Lipinski definition) is 1. The number of carboxylic acid groups (broad SMARTS) is 1. The average molecular weight is 305 g/mol. The van der Waals surface area contributed by atoms with Crippen LogP contribution in [-0.2, 0) is 25.5 Å². The van der Waals surface area contributed by atoms with Crippen LogP contribution in [0.4, 0.5) is 0 Å². The van der Waals surface area contributed by atoms with Crippen molar-refractivity contribution in [3.05, 3.63) is 35.4 Å². The van der Waals surface area contributed by atoms with Crippen molar-refractivity contribution in [1.82, 2.24) is 4.90 Å². The van der Waals surface area contributed by atoms with Crippen LogP contribution in [0, 0.1) is 0 Å². The maximum atomic E-state index is 12.4. The summed E-state index contributed by atoms with van der Waals surface area (Å²) in [6, 6.07) is 7.99. The number of carboxylic acids is 1. The Morgan fingerprint density at radius 3 is 2.86 bits per heavy atom. The van der Waals surface area contributed by atoms with Crippen LogP contribution < -0.4 is 0 Å². The Bertz CT molecular complexity index is 573. The third-order valence-corrected chi connectivity index (χ3v) is 4.15. The number of morpholine rings is 1. The zero-order valence-corrected chi connectivity index (χ0v) is 12.2.